The third-order valence-corrected chi connectivity index (χ3v) is 1.65. The molecule has 3 nitrogen and oxygen atoms in total. The third kappa shape index (κ3) is 2.87. The molecule has 1 radical (unpaired) electrons. The van der Waals surface area contributed by atoms with E-state index in [0.29, 0.717) is 10.6 Å². The summed E-state index contributed by atoms with van der Waals surface area (Å²) in [4.78, 5) is 21.5. The van der Waals surface area contributed by atoms with E-state index in [4.69, 9.17) is 17.3 Å². The zero-order valence-electron chi connectivity index (χ0n) is 6.66. The second-order valence-electron chi connectivity index (χ2n) is 2.42. The number of hydrogen-bond donors (Lipinski definition) is 1. The number of hydrogen-bond acceptors (Lipinski definition) is 2. The van der Waals surface area contributed by atoms with E-state index in [9.17, 15) is 9.59 Å². The number of benzene rings is 1. The van der Waals surface area contributed by atoms with Crippen LogP contribution in [-0.2, 0) is 4.79 Å². The average molecular weight is 197 g/mol. The summed E-state index contributed by atoms with van der Waals surface area (Å²) in [5.74, 6) is -1.16. The molecule has 0 atom stereocenters. The predicted octanol–water partition coefficient (Wildman–Crippen LogP) is 1.21. The van der Waals surface area contributed by atoms with Crippen LogP contribution in [0.15, 0.2) is 24.3 Å². The number of ketones is 1. The highest BCUT2D eigenvalue weighted by Gasteiger charge is 2.08. The SMILES string of the molecule is NC(=O)[CH]C(=O)c1ccc(Cl)cc1. The highest BCUT2D eigenvalue weighted by molar-refractivity contribution is 6.30. The van der Waals surface area contributed by atoms with Crippen LogP contribution in [0, 0.1) is 6.42 Å². The van der Waals surface area contributed by atoms with Crippen molar-refractivity contribution in [1.29, 1.82) is 0 Å². The summed E-state index contributed by atoms with van der Waals surface area (Å²) >= 11 is 5.61. The number of primary amides is 1. The second-order valence-corrected chi connectivity index (χ2v) is 2.85. The Morgan fingerprint density at radius 3 is 2.23 bits per heavy atom. The first-order chi connectivity index (χ1) is 6.09. The fourth-order valence-electron chi connectivity index (χ4n) is 0.827. The van der Waals surface area contributed by atoms with Crippen LogP contribution >= 0.6 is 11.6 Å². The minimum absolute atomic E-state index is 0.392. The summed E-state index contributed by atoms with van der Waals surface area (Å²) in [7, 11) is 0. The normalized spacial score (nSPS) is 9.62. The Bertz CT molecular complexity index is 332. The van der Waals surface area contributed by atoms with E-state index in [2.05, 4.69) is 0 Å². The lowest BCUT2D eigenvalue weighted by atomic mass is 10.1. The van der Waals surface area contributed by atoms with Gasteiger partial charge in [0.15, 0.2) is 5.78 Å². The second kappa shape index (κ2) is 4.05. The van der Waals surface area contributed by atoms with Crippen molar-refractivity contribution in [3.63, 3.8) is 0 Å². The van der Waals surface area contributed by atoms with Crippen molar-refractivity contribution >= 4 is 23.3 Å². The summed E-state index contributed by atoms with van der Waals surface area (Å²) in [5, 5.41) is 0.538. The maximum atomic E-state index is 11.2. The molecule has 0 spiro atoms. The van der Waals surface area contributed by atoms with Gasteiger partial charge >= 0.3 is 0 Å². The molecule has 0 bridgehead atoms. The minimum atomic E-state index is -0.750. The standard InChI is InChI=1S/C9H7ClNO2/c10-7-3-1-6(2-4-7)8(12)5-9(11)13/h1-5H,(H2,11,13). The average Bonchev–Trinajstić information content (AvgIpc) is 2.04. The molecule has 0 heterocycles. The molecule has 1 aromatic carbocycles. The molecule has 0 aliphatic carbocycles. The molecular formula is C9H7ClNO2. The van der Waals surface area contributed by atoms with Crippen LogP contribution in [-0.4, -0.2) is 11.7 Å². The Hall–Kier alpha value is -1.35. The lowest BCUT2D eigenvalue weighted by Crippen LogP contribution is -2.17. The van der Waals surface area contributed by atoms with Gasteiger partial charge in [0.25, 0.3) is 0 Å². The van der Waals surface area contributed by atoms with Gasteiger partial charge < -0.3 is 5.73 Å². The highest BCUT2D eigenvalue weighted by atomic mass is 35.5. The number of halogens is 1. The van der Waals surface area contributed by atoms with Crippen molar-refractivity contribution in [3.8, 4) is 0 Å². The first-order valence-electron chi connectivity index (χ1n) is 3.53. The zero-order chi connectivity index (χ0) is 9.84. The fourth-order valence-corrected chi connectivity index (χ4v) is 0.953. The molecule has 4 heteroatoms. The molecule has 67 valence electrons. The summed E-state index contributed by atoms with van der Waals surface area (Å²) < 4.78 is 0. The number of amides is 1. The Balaban J connectivity index is 2.78. The predicted molar refractivity (Wildman–Crippen MR) is 49.3 cm³/mol. The number of Topliss-reactive ketones (excluding diaryl/α,β-unsaturated/α-hetero) is 1. The van der Waals surface area contributed by atoms with Gasteiger partial charge in [0.1, 0.15) is 6.42 Å². The van der Waals surface area contributed by atoms with E-state index >= 15 is 0 Å². The Labute approximate surface area is 80.5 Å². The number of carbonyl (C=O) groups is 2. The summed E-state index contributed by atoms with van der Waals surface area (Å²) in [5.41, 5.74) is 5.21. The minimum Gasteiger partial charge on any atom is -0.369 e. The molecule has 1 rings (SSSR count). The molecule has 0 saturated carbocycles. The van der Waals surface area contributed by atoms with Gasteiger partial charge in [-0.3, -0.25) is 9.59 Å². The summed E-state index contributed by atoms with van der Waals surface area (Å²) in [6.07, 6.45) is 0.837. The van der Waals surface area contributed by atoms with Gasteiger partial charge in [-0.1, -0.05) is 11.6 Å². The largest absolute Gasteiger partial charge is 0.369 e. The number of nitrogens with two attached hydrogens (primary N) is 1. The smallest absolute Gasteiger partial charge is 0.229 e. The van der Waals surface area contributed by atoms with Gasteiger partial charge in [-0.2, -0.15) is 0 Å². The van der Waals surface area contributed by atoms with Crippen molar-refractivity contribution in [2.24, 2.45) is 5.73 Å². The van der Waals surface area contributed by atoms with Gasteiger partial charge in [0.05, 0.1) is 0 Å². The van der Waals surface area contributed by atoms with Gasteiger partial charge in [0, 0.05) is 10.6 Å². The monoisotopic (exact) mass is 196 g/mol. The molecular weight excluding hydrogens is 190 g/mol. The Kier molecular flexibility index (Phi) is 3.03. The van der Waals surface area contributed by atoms with E-state index < -0.39 is 11.7 Å². The topological polar surface area (TPSA) is 60.2 Å². The molecule has 0 aromatic heterocycles. The summed E-state index contributed by atoms with van der Waals surface area (Å²) in [6.45, 7) is 0. The highest BCUT2D eigenvalue weighted by Crippen LogP contribution is 2.10. The van der Waals surface area contributed by atoms with E-state index in [1.807, 2.05) is 0 Å². The molecule has 0 unspecified atom stereocenters. The Morgan fingerprint density at radius 1 is 1.23 bits per heavy atom. The molecule has 0 aliphatic heterocycles. The van der Waals surface area contributed by atoms with Crippen molar-refractivity contribution in [1.82, 2.24) is 0 Å². The van der Waals surface area contributed by atoms with Crippen LogP contribution < -0.4 is 5.73 Å². The lowest BCUT2D eigenvalue weighted by Gasteiger charge is -1.97. The molecule has 0 aliphatic rings. The first kappa shape index (κ1) is 9.74. The van der Waals surface area contributed by atoms with Gasteiger partial charge in [-0.05, 0) is 24.3 Å². The maximum Gasteiger partial charge on any atom is 0.229 e. The van der Waals surface area contributed by atoms with Crippen LogP contribution in [0.25, 0.3) is 0 Å². The van der Waals surface area contributed by atoms with Crippen LogP contribution in [0.3, 0.4) is 0 Å². The molecule has 0 saturated heterocycles. The maximum absolute atomic E-state index is 11.2. The molecule has 1 amide bonds. The molecule has 13 heavy (non-hydrogen) atoms. The number of rotatable bonds is 3. The van der Waals surface area contributed by atoms with Crippen LogP contribution in [0.2, 0.25) is 5.02 Å². The molecule has 0 fully saturated rings. The van der Waals surface area contributed by atoms with E-state index in [1.54, 1.807) is 12.1 Å². The van der Waals surface area contributed by atoms with Crippen LogP contribution in [0.5, 0.6) is 0 Å². The van der Waals surface area contributed by atoms with E-state index in [-0.39, 0.29) is 0 Å². The quantitative estimate of drug-likeness (QED) is 0.584. The molecule has 1 aromatic rings. The van der Waals surface area contributed by atoms with Gasteiger partial charge in [-0.25, -0.2) is 0 Å². The number of carbonyl (C=O) groups excluding carboxylic acids is 2. The first-order valence-corrected chi connectivity index (χ1v) is 3.91. The summed E-state index contributed by atoms with van der Waals surface area (Å²) in [6, 6.07) is 6.21. The van der Waals surface area contributed by atoms with Crippen molar-refractivity contribution in [3.05, 3.63) is 41.3 Å². The van der Waals surface area contributed by atoms with E-state index in [1.165, 1.54) is 12.1 Å². The van der Waals surface area contributed by atoms with Crippen molar-refractivity contribution in [2.75, 3.05) is 0 Å². The van der Waals surface area contributed by atoms with Crippen LogP contribution in [0.1, 0.15) is 10.4 Å². The molecule has 2 N–H and O–H groups in total. The van der Waals surface area contributed by atoms with Gasteiger partial charge in [0.2, 0.25) is 5.91 Å². The lowest BCUT2D eigenvalue weighted by molar-refractivity contribution is -0.114. The zero-order valence-corrected chi connectivity index (χ0v) is 7.41. The van der Waals surface area contributed by atoms with Crippen LogP contribution in [0.4, 0.5) is 0 Å². The Morgan fingerprint density at radius 2 is 1.77 bits per heavy atom. The van der Waals surface area contributed by atoms with Crippen molar-refractivity contribution in [2.45, 2.75) is 0 Å². The van der Waals surface area contributed by atoms with Gasteiger partial charge in [-0.15, -0.1) is 0 Å². The van der Waals surface area contributed by atoms with Crippen molar-refractivity contribution < 1.29 is 9.59 Å². The van der Waals surface area contributed by atoms with E-state index in [0.717, 1.165) is 6.42 Å². The third-order valence-electron chi connectivity index (χ3n) is 1.40. The fraction of sp³-hybridized carbons (Fsp3) is 0.